The first kappa shape index (κ1) is 13.5. The fraction of sp³-hybridized carbons (Fsp3) is 0.333. The van der Waals surface area contributed by atoms with E-state index in [1.165, 1.54) is 0 Å². The van der Waals surface area contributed by atoms with Gasteiger partial charge in [0.25, 0.3) is 5.91 Å². The molecule has 2 aromatic heterocycles. The van der Waals surface area contributed by atoms with Crippen LogP contribution < -0.4 is 5.32 Å². The van der Waals surface area contributed by atoms with Gasteiger partial charge in [0, 0.05) is 31.2 Å². The molecule has 2 rings (SSSR count). The van der Waals surface area contributed by atoms with Crippen molar-refractivity contribution in [2.75, 3.05) is 6.54 Å². The molecule has 1 amide bonds. The van der Waals surface area contributed by atoms with Crippen molar-refractivity contribution in [1.82, 2.24) is 25.1 Å². The zero-order chi connectivity index (χ0) is 13.7. The van der Waals surface area contributed by atoms with E-state index in [1.807, 2.05) is 16.9 Å². The molecule has 0 unspecified atom stereocenters. The molecular formula is C12H14ClN5O. The highest BCUT2D eigenvalue weighted by Gasteiger charge is 2.08. The monoisotopic (exact) mass is 279 g/mol. The molecule has 2 aromatic rings. The summed E-state index contributed by atoms with van der Waals surface area (Å²) in [5.74, 6) is -0.243. The summed E-state index contributed by atoms with van der Waals surface area (Å²) >= 11 is 5.71. The Balaban J connectivity index is 1.80. The van der Waals surface area contributed by atoms with Gasteiger partial charge in [-0.25, -0.2) is 9.97 Å². The van der Waals surface area contributed by atoms with Crippen LogP contribution in [0.3, 0.4) is 0 Å². The van der Waals surface area contributed by atoms with Gasteiger partial charge in [-0.05, 0) is 37.1 Å². The molecule has 0 spiro atoms. The van der Waals surface area contributed by atoms with E-state index in [0.29, 0.717) is 12.2 Å². The maximum absolute atomic E-state index is 11.8. The average Bonchev–Trinajstić information content (AvgIpc) is 2.86. The van der Waals surface area contributed by atoms with E-state index in [0.717, 1.165) is 13.0 Å². The van der Waals surface area contributed by atoms with E-state index in [1.54, 1.807) is 19.2 Å². The van der Waals surface area contributed by atoms with E-state index in [9.17, 15) is 4.79 Å². The Bertz CT molecular complexity index is 535. The summed E-state index contributed by atoms with van der Waals surface area (Å²) in [5.41, 5.74) is 0.957. The molecule has 0 saturated carbocycles. The van der Waals surface area contributed by atoms with Gasteiger partial charge < -0.3 is 5.32 Å². The van der Waals surface area contributed by atoms with Crippen molar-refractivity contribution in [3.8, 4) is 0 Å². The molecule has 2 heterocycles. The zero-order valence-electron chi connectivity index (χ0n) is 10.5. The van der Waals surface area contributed by atoms with Crippen LogP contribution in [0.5, 0.6) is 0 Å². The molecule has 0 aliphatic rings. The van der Waals surface area contributed by atoms with Gasteiger partial charge in [0.15, 0.2) is 0 Å². The lowest BCUT2D eigenvalue weighted by molar-refractivity contribution is 0.0947. The Morgan fingerprint density at radius 2 is 2.32 bits per heavy atom. The first-order valence-electron chi connectivity index (χ1n) is 5.92. The molecule has 0 radical (unpaired) electrons. The Kier molecular flexibility index (Phi) is 4.46. The van der Waals surface area contributed by atoms with Gasteiger partial charge in [-0.2, -0.15) is 5.10 Å². The Morgan fingerprint density at radius 1 is 1.47 bits per heavy atom. The number of aromatic nitrogens is 4. The van der Waals surface area contributed by atoms with Crippen LogP contribution in [-0.2, 0) is 6.54 Å². The number of carbonyl (C=O) groups excluding carboxylic acids is 1. The highest BCUT2D eigenvalue weighted by Crippen LogP contribution is 2.05. The third-order valence-corrected chi connectivity index (χ3v) is 2.64. The van der Waals surface area contributed by atoms with Crippen LogP contribution in [0, 0.1) is 6.92 Å². The lowest BCUT2D eigenvalue weighted by Gasteiger charge is -2.05. The van der Waals surface area contributed by atoms with E-state index in [-0.39, 0.29) is 16.9 Å². The van der Waals surface area contributed by atoms with Gasteiger partial charge in [-0.3, -0.25) is 9.48 Å². The summed E-state index contributed by atoms with van der Waals surface area (Å²) in [6.07, 6.45) is 4.41. The van der Waals surface area contributed by atoms with Gasteiger partial charge in [-0.1, -0.05) is 0 Å². The third-order valence-electron chi connectivity index (χ3n) is 2.47. The SMILES string of the molecule is Cc1cc(C(=O)NCCCn2cccn2)nc(Cl)n1. The zero-order valence-corrected chi connectivity index (χ0v) is 11.3. The largest absolute Gasteiger partial charge is 0.351 e. The minimum Gasteiger partial charge on any atom is -0.351 e. The van der Waals surface area contributed by atoms with E-state index in [2.05, 4.69) is 20.4 Å². The highest BCUT2D eigenvalue weighted by molar-refractivity contribution is 6.28. The van der Waals surface area contributed by atoms with E-state index >= 15 is 0 Å². The van der Waals surface area contributed by atoms with Crippen LogP contribution in [0.25, 0.3) is 0 Å². The molecule has 0 fully saturated rings. The smallest absolute Gasteiger partial charge is 0.270 e. The van der Waals surface area contributed by atoms with Crippen molar-refractivity contribution in [2.45, 2.75) is 19.9 Å². The van der Waals surface area contributed by atoms with E-state index < -0.39 is 0 Å². The summed E-state index contributed by atoms with van der Waals surface area (Å²) in [4.78, 5) is 19.6. The first-order chi connectivity index (χ1) is 9.15. The Labute approximate surface area is 115 Å². The molecule has 0 atom stereocenters. The fourth-order valence-corrected chi connectivity index (χ4v) is 1.84. The summed E-state index contributed by atoms with van der Waals surface area (Å²) in [7, 11) is 0. The molecule has 0 saturated heterocycles. The summed E-state index contributed by atoms with van der Waals surface area (Å²) in [6.45, 7) is 3.08. The number of halogens is 1. The number of rotatable bonds is 5. The second-order valence-corrected chi connectivity index (χ2v) is 4.38. The van der Waals surface area contributed by atoms with Crippen molar-refractivity contribution in [3.05, 3.63) is 41.2 Å². The van der Waals surface area contributed by atoms with Crippen molar-refractivity contribution in [2.24, 2.45) is 0 Å². The average molecular weight is 280 g/mol. The number of aryl methyl sites for hydroxylation is 2. The van der Waals surface area contributed by atoms with Crippen molar-refractivity contribution in [1.29, 1.82) is 0 Å². The van der Waals surface area contributed by atoms with Crippen molar-refractivity contribution in [3.63, 3.8) is 0 Å². The molecule has 6 nitrogen and oxygen atoms in total. The second kappa shape index (κ2) is 6.29. The Hall–Kier alpha value is -1.95. The van der Waals surface area contributed by atoms with Crippen LogP contribution in [0.4, 0.5) is 0 Å². The first-order valence-corrected chi connectivity index (χ1v) is 6.30. The van der Waals surface area contributed by atoms with Gasteiger partial charge in [0.1, 0.15) is 5.69 Å². The van der Waals surface area contributed by atoms with Gasteiger partial charge in [0.05, 0.1) is 0 Å². The van der Waals surface area contributed by atoms with Crippen molar-refractivity contribution < 1.29 is 4.79 Å². The molecule has 7 heteroatoms. The lowest BCUT2D eigenvalue weighted by Crippen LogP contribution is -2.26. The molecular weight excluding hydrogens is 266 g/mol. The molecule has 0 aliphatic carbocycles. The van der Waals surface area contributed by atoms with Crippen LogP contribution >= 0.6 is 11.6 Å². The number of nitrogens with zero attached hydrogens (tertiary/aromatic N) is 4. The van der Waals surface area contributed by atoms with Gasteiger partial charge in [0.2, 0.25) is 5.28 Å². The van der Waals surface area contributed by atoms with E-state index in [4.69, 9.17) is 11.6 Å². The van der Waals surface area contributed by atoms with Gasteiger partial charge >= 0.3 is 0 Å². The van der Waals surface area contributed by atoms with Crippen LogP contribution in [0.2, 0.25) is 5.28 Å². The Morgan fingerprint density at radius 3 is 3.00 bits per heavy atom. The number of amides is 1. The minimum atomic E-state index is -0.243. The van der Waals surface area contributed by atoms with Crippen molar-refractivity contribution >= 4 is 17.5 Å². The summed E-state index contributed by atoms with van der Waals surface area (Å²) in [5, 5.41) is 6.95. The predicted molar refractivity (Wildman–Crippen MR) is 71.0 cm³/mol. The highest BCUT2D eigenvalue weighted by atomic mass is 35.5. The molecule has 19 heavy (non-hydrogen) atoms. The molecule has 0 bridgehead atoms. The quantitative estimate of drug-likeness (QED) is 0.664. The number of hydrogen-bond donors (Lipinski definition) is 1. The fourth-order valence-electron chi connectivity index (χ4n) is 1.61. The predicted octanol–water partition coefficient (Wildman–Crippen LogP) is 1.46. The molecule has 0 aliphatic heterocycles. The molecule has 0 aromatic carbocycles. The second-order valence-electron chi connectivity index (χ2n) is 4.04. The standard InChI is InChI=1S/C12H14ClN5O/c1-9-8-10(17-12(13)16-9)11(19)14-4-2-6-18-7-3-5-15-18/h3,5,7-8H,2,4,6H2,1H3,(H,14,19). The summed E-state index contributed by atoms with van der Waals surface area (Å²) in [6, 6.07) is 3.47. The normalized spacial score (nSPS) is 10.4. The topological polar surface area (TPSA) is 72.7 Å². The van der Waals surface area contributed by atoms with Crippen LogP contribution in [-0.4, -0.2) is 32.2 Å². The number of hydrogen-bond acceptors (Lipinski definition) is 4. The van der Waals surface area contributed by atoms with Crippen LogP contribution in [0.15, 0.2) is 24.5 Å². The summed E-state index contributed by atoms with van der Waals surface area (Å²) < 4.78 is 1.82. The maximum atomic E-state index is 11.8. The van der Waals surface area contributed by atoms with Gasteiger partial charge in [-0.15, -0.1) is 0 Å². The molecule has 1 N–H and O–H groups in total. The number of nitrogens with one attached hydrogen (secondary N) is 1. The minimum absolute atomic E-state index is 0.0849. The van der Waals surface area contributed by atoms with Crippen LogP contribution in [0.1, 0.15) is 22.6 Å². The molecule has 100 valence electrons. The maximum Gasteiger partial charge on any atom is 0.270 e. The third kappa shape index (κ3) is 4.03. The number of carbonyl (C=O) groups is 1. The lowest BCUT2D eigenvalue weighted by atomic mass is 10.3.